The van der Waals surface area contributed by atoms with Crippen molar-refractivity contribution < 1.29 is 13.9 Å². The molecule has 0 unspecified atom stereocenters. The van der Waals surface area contributed by atoms with Crippen molar-refractivity contribution in [2.75, 3.05) is 31.5 Å². The van der Waals surface area contributed by atoms with Crippen LogP contribution in [0.5, 0.6) is 0 Å². The SMILES string of the molecule is CC(C)(C)OC(=O)N1CCN(Cc2ccc(-c3ccc4nccc(Nc5ccc6sccc6c5)c4c3)c(F)c2)CC1. The normalized spacial score (nSPS) is 14.5. The van der Waals surface area contributed by atoms with Crippen LogP contribution < -0.4 is 5.32 Å². The zero-order valence-electron chi connectivity index (χ0n) is 23.5. The molecule has 1 amide bonds. The zero-order valence-corrected chi connectivity index (χ0v) is 24.3. The molecule has 41 heavy (non-hydrogen) atoms. The lowest BCUT2D eigenvalue weighted by molar-refractivity contribution is 0.0139. The number of anilines is 2. The molecule has 210 valence electrons. The van der Waals surface area contributed by atoms with Crippen LogP contribution in [0, 0.1) is 5.82 Å². The first-order valence-electron chi connectivity index (χ1n) is 13.8. The van der Waals surface area contributed by atoms with Crippen molar-refractivity contribution in [3.05, 3.63) is 89.7 Å². The maximum absolute atomic E-state index is 15.5. The third-order valence-electron chi connectivity index (χ3n) is 7.25. The quantitative estimate of drug-likeness (QED) is 0.232. The molecular weight excluding hydrogens is 535 g/mol. The number of thiophene rings is 1. The zero-order chi connectivity index (χ0) is 28.6. The minimum Gasteiger partial charge on any atom is -0.444 e. The van der Waals surface area contributed by atoms with Gasteiger partial charge in [-0.15, -0.1) is 11.3 Å². The Bertz CT molecular complexity index is 1720. The number of amides is 1. The highest BCUT2D eigenvalue weighted by molar-refractivity contribution is 7.17. The van der Waals surface area contributed by atoms with E-state index in [1.165, 1.54) is 10.1 Å². The van der Waals surface area contributed by atoms with Gasteiger partial charge in [0.25, 0.3) is 0 Å². The monoisotopic (exact) mass is 568 g/mol. The van der Waals surface area contributed by atoms with E-state index in [4.69, 9.17) is 4.74 Å². The van der Waals surface area contributed by atoms with E-state index in [1.54, 1.807) is 28.5 Å². The number of halogens is 1. The first-order valence-corrected chi connectivity index (χ1v) is 14.7. The van der Waals surface area contributed by atoms with Crippen molar-refractivity contribution in [1.29, 1.82) is 0 Å². The smallest absolute Gasteiger partial charge is 0.410 e. The fourth-order valence-corrected chi connectivity index (χ4v) is 5.96. The highest BCUT2D eigenvalue weighted by Gasteiger charge is 2.26. The van der Waals surface area contributed by atoms with Gasteiger partial charge in [-0.2, -0.15) is 0 Å². The van der Waals surface area contributed by atoms with Crippen molar-refractivity contribution in [3.8, 4) is 11.1 Å². The number of carbonyl (C=O) groups is 1. The molecule has 0 spiro atoms. The Labute approximate surface area is 243 Å². The van der Waals surface area contributed by atoms with Gasteiger partial charge in [0.05, 0.1) is 5.52 Å². The van der Waals surface area contributed by atoms with Gasteiger partial charge in [0.1, 0.15) is 11.4 Å². The second-order valence-corrected chi connectivity index (χ2v) is 12.4. The van der Waals surface area contributed by atoms with E-state index in [1.807, 2.05) is 57.2 Å². The van der Waals surface area contributed by atoms with Gasteiger partial charge in [0, 0.05) is 65.9 Å². The predicted octanol–water partition coefficient (Wildman–Crippen LogP) is 8.05. The first kappa shape index (κ1) is 27.2. The molecule has 1 fully saturated rings. The summed E-state index contributed by atoms with van der Waals surface area (Å²) in [6.07, 6.45) is 1.51. The molecule has 1 aliphatic heterocycles. The van der Waals surface area contributed by atoms with E-state index in [0.29, 0.717) is 25.2 Å². The van der Waals surface area contributed by atoms with Gasteiger partial charge in [0.2, 0.25) is 0 Å². The van der Waals surface area contributed by atoms with Crippen molar-refractivity contribution in [3.63, 3.8) is 0 Å². The van der Waals surface area contributed by atoms with Crippen molar-refractivity contribution in [1.82, 2.24) is 14.8 Å². The molecule has 0 bridgehead atoms. The van der Waals surface area contributed by atoms with Gasteiger partial charge in [0.15, 0.2) is 0 Å². The van der Waals surface area contributed by atoms with Gasteiger partial charge >= 0.3 is 6.09 Å². The summed E-state index contributed by atoms with van der Waals surface area (Å²) in [6, 6.07) is 21.7. The number of benzene rings is 3. The summed E-state index contributed by atoms with van der Waals surface area (Å²) in [5.74, 6) is -0.254. The number of hydrogen-bond acceptors (Lipinski definition) is 6. The van der Waals surface area contributed by atoms with Crippen LogP contribution in [-0.4, -0.2) is 52.7 Å². The standard InChI is InChI=1S/C33H33FN4O2S/c1-33(2,3)40-32(39)38-15-13-37(14-16-38)21-22-4-7-26(28(34)18-22)23-5-8-29-27(20-23)30(10-12-35-29)36-25-6-9-31-24(19-25)11-17-41-31/h4-12,17-20H,13-16,21H2,1-3H3,(H,35,36). The van der Waals surface area contributed by atoms with Crippen LogP contribution in [-0.2, 0) is 11.3 Å². The van der Waals surface area contributed by atoms with Gasteiger partial charge in [-0.1, -0.05) is 18.2 Å². The molecule has 3 heterocycles. The second kappa shape index (κ2) is 11.1. The van der Waals surface area contributed by atoms with Crippen molar-refractivity contribution in [2.45, 2.75) is 32.9 Å². The van der Waals surface area contributed by atoms with Crippen LogP contribution in [0.3, 0.4) is 0 Å². The maximum atomic E-state index is 15.5. The number of nitrogens with one attached hydrogen (secondary N) is 1. The second-order valence-electron chi connectivity index (χ2n) is 11.4. The van der Waals surface area contributed by atoms with Gasteiger partial charge in [-0.25, -0.2) is 9.18 Å². The van der Waals surface area contributed by atoms with Crippen LogP contribution in [0.1, 0.15) is 26.3 Å². The molecule has 3 aromatic carbocycles. The number of piperazine rings is 1. The molecule has 0 radical (unpaired) electrons. The number of carbonyl (C=O) groups excluding carboxylic acids is 1. The van der Waals surface area contributed by atoms with E-state index >= 15 is 4.39 Å². The van der Waals surface area contributed by atoms with Gasteiger partial charge in [-0.05, 0) is 91.2 Å². The van der Waals surface area contributed by atoms with Gasteiger partial charge in [-0.3, -0.25) is 9.88 Å². The predicted molar refractivity (Wildman–Crippen MR) is 165 cm³/mol. The minimum atomic E-state index is -0.508. The van der Waals surface area contributed by atoms with Crippen LogP contribution in [0.25, 0.3) is 32.1 Å². The average molecular weight is 569 g/mol. The van der Waals surface area contributed by atoms with Crippen LogP contribution in [0.4, 0.5) is 20.6 Å². The molecule has 1 saturated heterocycles. The number of pyridine rings is 1. The average Bonchev–Trinajstić information content (AvgIpc) is 3.41. The molecule has 2 aromatic heterocycles. The Hall–Kier alpha value is -4.01. The van der Waals surface area contributed by atoms with E-state index in [2.05, 4.69) is 44.8 Å². The largest absolute Gasteiger partial charge is 0.444 e. The summed E-state index contributed by atoms with van der Waals surface area (Å²) in [5, 5.41) is 7.76. The lowest BCUT2D eigenvalue weighted by atomic mass is 10.00. The summed E-state index contributed by atoms with van der Waals surface area (Å²) in [4.78, 5) is 20.9. The van der Waals surface area contributed by atoms with Crippen LogP contribution in [0.15, 0.2) is 78.3 Å². The lowest BCUT2D eigenvalue weighted by Gasteiger charge is -2.35. The first-order chi connectivity index (χ1) is 19.7. The molecule has 1 N–H and O–H groups in total. The number of fused-ring (bicyclic) bond motifs is 2. The van der Waals surface area contributed by atoms with Crippen LogP contribution >= 0.6 is 11.3 Å². The Morgan fingerprint density at radius 1 is 1.00 bits per heavy atom. The van der Waals surface area contributed by atoms with Crippen molar-refractivity contribution in [2.24, 2.45) is 0 Å². The number of hydrogen-bond donors (Lipinski definition) is 1. The van der Waals surface area contributed by atoms with E-state index in [9.17, 15) is 4.79 Å². The summed E-state index contributed by atoms with van der Waals surface area (Å²) in [6.45, 7) is 8.87. The maximum Gasteiger partial charge on any atom is 0.410 e. The van der Waals surface area contributed by atoms with E-state index < -0.39 is 5.60 Å². The third kappa shape index (κ3) is 6.19. The molecule has 6 nitrogen and oxygen atoms in total. The third-order valence-corrected chi connectivity index (χ3v) is 8.15. The Morgan fingerprint density at radius 3 is 2.61 bits per heavy atom. The lowest BCUT2D eigenvalue weighted by Crippen LogP contribution is -2.49. The number of nitrogens with zero attached hydrogens (tertiary/aromatic N) is 3. The molecule has 0 aliphatic carbocycles. The fraction of sp³-hybridized carbons (Fsp3) is 0.273. The molecule has 0 atom stereocenters. The van der Waals surface area contributed by atoms with Crippen molar-refractivity contribution >= 4 is 49.8 Å². The highest BCUT2D eigenvalue weighted by Crippen LogP contribution is 2.33. The number of ether oxygens (including phenoxy) is 1. The molecule has 6 rings (SSSR count). The van der Waals surface area contributed by atoms with E-state index in [-0.39, 0.29) is 11.9 Å². The van der Waals surface area contributed by atoms with Crippen LogP contribution in [0.2, 0.25) is 0 Å². The fourth-order valence-electron chi connectivity index (χ4n) is 5.19. The highest BCUT2D eigenvalue weighted by atomic mass is 32.1. The molecule has 8 heteroatoms. The summed E-state index contributed by atoms with van der Waals surface area (Å²) >= 11 is 1.72. The molecule has 5 aromatic rings. The summed E-state index contributed by atoms with van der Waals surface area (Å²) in [5.41, 5.74) is 4.53. The molecule has 0 saturated carbocycles. The summed E-state index contributed by atoms with van der Waals surface area (Å²) in [7, 11) is 0. The van der Waals surface area contributed by atoms with Gasteiger partial charge < -0.3 is 15.0 Å². The molecule has 1 aliphatic rings. The number of rotatable bonds is 5. The topological polar surface area (TPSA) is 57.7 Å². The Kier molecular flexibility index (Phi) is 7.36. The van der Waals surface area contributed by atoms with E-state index in [0.717, 1.165) is 46.5 Å². The number of aromatic nitrogens is 1. The molecular formula is C33H33FN4O2S. The Morgan fingerprint density at radius 2 is 1.83 bits per heavy atom. The summed E-state index contributed by atoms with van der Waals surface area (Å²) < 4.78 is 22.2. The Balaban J connectivity index is 1.16. The minimum absolute atomic E-state index is 0.254.